The van der Waals surface area contributed by atoms with Crippen LogP contribution in [-0.4, -0.2) is 25.7 Å². The van der Waals surface area contributed by atoms with Crippen LogP contribution in [0.1, 0.15) is 11.3 Å². The first-order valence-corrected chi connectivity index (χ1v) is 10.5. The van der Waals surface area contributed by atoms with Crippen molar-refractivity contribution in [1.82, 2.24) is 10.1 Å². The molecule has 0 spiro atoms. The normalized spacial score (nSPS) is 11.5. The van der Waals surface area contributed by atoms with E-state index in [9.17, 15) is 8.42 Å². The summed E-state index contributed by atoms with van der Waals surface area (Å²) in [6.45, 7) is 1.98. The number of methoxy groups -OCH3 is 1. The number of benzene rings is 2. The topological polar surface area (TPSA) is 95.4 Å². The summed E-state index contributed by atoms with van der Waals surface area (Å²) in [5.74, 6) is 1.53. The van der Waals surface area contributed by atoms with E-state index in [-0.39, 0.29) is 22.3 Å². The molecular formula is C21H18N2O5S. The van der Waals surface area contributed by atoms with Crippen LogP contribution in [0.5, 0.6) is 5.75 Å². The van der Waals surface area contributed by atoms with Crippen LogP contribution >= 0.6 is 0 Å². The molecule has 2 heterocycles. The van der Waals surface area contributed by atoms with Crippen molar-refractivity contribution in [2.45, 2.75) is 17.6 Å². The number of hydrogen-bond acceptors (Lipinski definition) is 7. The first-order valence-electron chi connectivity index (χ1n) is 8.81. The van der Waals surface area contributed by atoms with Crippen molar-refractivity contribution in [1.29, 1.82) is 0 Å². The van der Waals surface area contributed by atoms with Crippen LogP contribution in [0.4, 0.5) is 0 Å². The van der Waals surface area contributed by atoms with E-state index in [4.69, 9.17) is 13.7 Å². The molecule has 29 heavy (non-hydrogen) atoms. The number of nitrogens with zero attached hydrogens (tertiary/aromatic N) is 2. The van der Waals surface area contributed by atoms with Crippen molar-refractivity contribution in [2.75, 3.05) is 7.11 Å². The van der Waals surface area contributed by atoms with Gasteiger partial charge in [0.25, 0.3) is 5.89 Å². The molecule has 0 aliphatic heterocycles. The number of hydrogen-bond donors (Lipinski definition) is 0. The SMILES string of the molecule is COc1ccc(S(=O)(=O)Cc2ccc(-c3nc(-c4cccc(C)c4)no3)o2)cc1. The lowest BCUT2D eigenvalue weighted by Crippen LogP contribution is -2.04. The minimum Gasteiger partial charge on any atom is -0.497 e. The molecule has 0 amide bonds. The van der Waals surface area contributed by atoms with Gasteiger partial charge in [-0.25, -0.2) is 8.42 Å². The lowest BCUT2D eigenvalue weighted by molar-refractivity contribution is 0.413. The van der Waals surface area contributed by atoms with Gasteiger partial charge in [0.05, 0.1) is 12.0 Å². The molecule has 8 heteroatoms. The molecule has 0 radical (unpaired) electrons. The fraction of sp³-hybridized carbons (Fsp3) is 0.143. The van der Waals surface area contributed by atoms with Gasteiger partial charge >= 0.3 is 0 Å². The summed E-state index contributed by atoms with van der Waals surface area (Å²) in [6, 6.07) is 17.1. The molecular weight excluding hydrogens is 392 g/mol. The van der Waals surface area contributed by atoms with Gasteiger partial charge in [0, 0.05) is 5.56 Å². The summed E-state index contributed by atoms with van der Waals surface area (Å²) in [6.07, 6.45) is 0. The molecule has 0 atom stereocenters. The van der Waals surface area contributed by atoms with Crippen molar-refractivity contribution < 1.29 is 22.1 Å². The Hall–Kier alpha value is -3.39. The van der Waals surface area contributed by atoms with Crippen LogP contribution in [0.15, 0.2) is 74.5 Å². The molecule has 4 aromatic rings. The van der Waals surface area contributed by atoms with Gasteiger partial charge < -0.3 is 13.7 Å². The second kappa shape index (κ2) is 7.56. The third-order valence-corrected chi connectivity index (χ3v) is 5.98. The quantitative estimate of drug-likeness (QED) is 0.468. The average molecular weight is 410 g/mol. The largest absolute Gasteiger partial charge is 0.497 e. The van der Waals surface area contributed by atoms with Crippen LogP contribution in [0, 0.1) is 6.92 Å². The number of aromatic nitrogens is 2. The average Bonchev–Trinajstić information content (AvgIpc) is 3.37. The van der Waals surface area contributed by atoms with E-state index in [1.54, 1.807) is 24.3 Å². The Bertz CT molecular complexity index is 1240. The number of sulfone groups is 1. The Balaban J connectivity index is 1.54. The predicted molar refractivity (Wildman–Crippen MR) is 106 cm³/mol. The van der Waals surface area contributed by atoms with Crippen molar-refractivity contribution in [3.63, 3.8) is 0 Å². The van der Waals surface area contributed by atoms with Crippen molar-refractivity contribution in [2.24, 2.45) is 0 Å². The summed E-state index contributed by atoms with van der Waals surface area (Å²) in [5, 5.41) is 3.98. The first-order chi connectivity index (χ1) is 13.9. The van der Waals surface area contributed by atoms with Crippen LogP contribution in [0.3, 0.4) is 0 Å². The molecule has 7 nitrogen and oxygen atoms in total. The summed E-state index contributed by atoms with van der Waals surface area (Å²) in [5.41, 5.74) is 1.91. The minimum atomic E-state index is -3.57. The zero-order valence-corrected chi connectivity index (χ0v) is 16.6. The number of ether oxygens (including phenoxy) is 1. The lowest BCUT2D eigenvalue weighted by atomic mass is 10.1. The van der Waals surface area contributed by atoms with Crippen LogP contribution in [0.2, 0.25) is 0 Å². The minimum absolute atomic E-state index is 0.189. The van der Waals surface area contributed by atoms with Gasteiger partial charge in [-0.05, 0) is 49.4 Å². The van der Waals surface area contributed by atoms with Gasteiger partial charge in [0.1, 0.15) is 17.3 Å². The fourth-order valence-electron chi connectivity index (χ4n) is 2.85. The first kappa shape index (κ1) is 18.9. The molecule has 0 aliphatic carbocycles. The maximum Gasteiger partial charge on any atom is 0.293 e. The third kappa shape index (κ3) is 4.07. The molecule has 4 rings (SSSR count). The van der Waals surface area contributed by atoms with Crippen molar-refractivity contribution in [3.8, 4) is 28.8 Å². The summed E-state index contributed by atoms with van der Waals surface area (Å²) >= 11 is 0. The zero-order chi connectivity index (χ0) is 20.4. The Labute approximate surface area is 167 Å². The second-order valence-electron chi connectivity index (χ2n) is 6.49. The molecule has 2 aromatic heterocycles. The van der Waals surface area contributed by atoms with E-state index in [1.807, 2.05) is 31.2 Å². The summed E-state index contributed by atoms with van der Waals surface area (Å²) < 4.78 is 41.2. The number of furan rings is 1. The Morgan fingerprint density at radius 3 is 2.55 bits per heavy atom. The molecule has 2 aromatic carbocycles. The molecule has 0 saturated heterocycles. The van der Waals surface area contributed by atoms with Crippen molar-refractivity contribution in [3.05, 3.63) is 72.0 Å². The van der Waals surface area contributed by atoms with E-state index in [1.165, 1.54) is 19.2 Å². The van der Waals surface area contributed by atoms with Gasteiger partial charge in [0.2, 0.25) is 5.82 Å². The van der Waals surface area contributed by atoms with E-state index in [2.05, 4.69) is 10.1 Å². The highest BCUT2D eigenvalue weighted by atomic mass is 32.2. The monoisotopic (exact) mass is 410 g/mol. The highest BCUT2D eigenvalue weighted by Gasteiger charge is 2.20. The molecule has 0 saturated carbocycles. The maximum atomic E-state index is 12.6. The van der Waals surface area contributed by atoms with Crippen LogP contribution in [0.25, 0.3) is 23.0 Å². The van der Waals surface area contributed by atoms with Gasteiger partial charge in [-0.15, -0.1) is 0 Å². The lowest BCUT2D eigenvalue weighted by Gasteiger charge is -2.04. The van der Waals surface area contributed by atoms with E-state index >= 15 is 0 Å². The second-order valence-corrected chi connectivity index (χ2v) is 8.48. The van der Waals surface area contributed by atoms with Gasteiger partial charge in [0.15, 0.2) is 15.6 Å². The van der Waals surface area contributed by atoms with Crippen LogP contribution < -0.4 is 4.74 Å². The highest BCUT2D eigenvalue weighted by molar-refractivity contribution is 7.90. The molecule has 0 aliphatic rings. The Kier molecular flexibility index (Phi) is 4.94. The van der Waals surface area contributed by atoms with Crippen molar-refractivity contribution >= 4 is 9.84 Å². The standard InChI is InChI=1S/C21H18N2O5S/c1-14-4-3-5-15(12-14)20-22-21(28-23-20)19-11-8-17(27-19)13-29(24,25)18-9-6-16(26-2)7-10-18/h3-12H,13H2,1-2H3. The smallest absolute Gasteiger partial charge is 0.293 e. The summed E-state index contributed by atoms with van der Waals surface area (Å²) in [7, 11) is -2.04. The third-order valence-electron chi connectivity index (χ3n) is 4.33. The van der Waals surface area contributed by atoms with E-state index in [0.29, 0.717) is 17.3 Å². The van der Waals surface area contributed by atoms with Gasteiger partial charge in [-0.3, -0.25) is 0 Å². The van der Waals surface area contributed by atoms with Gasteiger partial charge in [-0.2, -0.15) is 4.98 Å². The fourth-order valence-corrected chi connectivity index (χ4v) is 4.10. The van der Waals surface area contributed by atoms with E-state index < -0.39 is 9.84 Å². The van der Waals surface area contributed by atoms with Gasteiger partial charge in [-0.1, -0.05) is 28.9 Å². The molecule has 0 N–H and O–H groups in total. The number of aryl methyl sites for hydroxylation is 1. The molecule has 148 valence electrons. The summed E-state index contributed by atoms with van der Waals surface area (Å²) in [4.78, 5) is 4.53. The highest BCUT2D eigenvalue weighted by Crippen LogP contribution is 2.26. The molecule has 0 bridgehead atoms. The number of rotatable bonds is 6. The Morgan fingerprint density at radius 2 is 1.83 bits per heavy atom. The maximum absolute atomic E-state index is 12.6. The zero-order valence-electron chi connectivity index (χ0n) is 15.8. The van der Waals surface area contributed by atoms with E-state index in [0.717, 1.165) is 11.1 Å². The molecule has 0 unspecified atom stereocenters. The van der Waals surface area contributed by atoms with Crippen LogP contribution in [-0.2, 0) is 15.6 Å². The Morgan fingerprint density at radius 1 is 1.03 bits per heavy atom. The molecule has 0 fully saturated rings. The predicted octanol–water partition coefficient (Wildman–Crippen LogP) is 4.29.